The van der Waals surface area contributed by atoms with Crippen molar-refractivity contribution in [3.05, 3.63) is 12.2 Å². The van der Waals surface area contributed by atoms with Crippen molar-refractivity contribution in [1.29, 1.82) is 0 Å². The second-order valence-electron chi connectivity index (χ2n) is 5.14. The average Bonchev–Trinajstić information content (AvgIpc) is 2.78. The molecular formula is C13H24N4. The van der Waals surface area contributed by atoms with E-state index in [2.05, 4.69) is 21.7 Å². The van der Waals surface area contributed by atoms with Crippen LogP contribution in [-0.2, 0) is 13.0 Å². The lowest BCUT2D eigenvalue weighted by atomic mass is 9.77. The molecule has 0 radical (unpaired) electrons. The minimum atomic E-state index is 0.690. The highest BCUT2D eigenvalue weighted by Gasteiger charge is 2.25. The van der Waals surface area contributed by atoms with Crippen molar-refractivity contribution in [3.8, 4) is 0 Å². The smallest absolute Gasteiger partial charge is 0.138 e. The highest BCUT2D eigenvalue weighted by atomic mass is 15.3. The molecule has 0 spiro atoms. The van der Waals surface area contributed by atoms with Crippen LogP contribution in [0.1, 0.15) is 44.9 Å². The molecule has 4 nitrogen and oxygen atoms in total. The highest BCUT2D eigenvalue weighted by Crippen LogP contribution is 2.31. The summed E-state index contributed by atoms with van der Waals surface area (Å²) in [6.07, 6.45) is 9.15. The van der Waals surface area contributed by atoms with Crippen molar-refractivity contribution in [2.75, 3.05) is 6.54 Å². The fraction of sp³-hybridized carbons (Fsp3) is 0.846. The van der Waals surface area contributed by atoms with E-state index >= 15 is 0 Å². The zero-order valence-electron chi connectivity index (χ0n) is 10.8. The van der Waals surface area contributed by atoms with Crippen LogP contribution < -0.4 is 5.73 Å². The van der Waals surface area contributed by atoms with Gasteiger partial charge in [0.25, 0.3) is 0 Å². The van der Waals surface area contributed by atoms with Gasteiger partial charge >= 0.3 is 0 Å². The van der Waals surface area contributed by atoms with Crippen molar-refractivity contribution in [3.63, 3.8) is 0 Å². The van der Waals surface area contributed by atoms with Gasteiger partial charge in [-0.15, -0.1) is 0 Å². The molecule has 0 saturated heterocycles. The summed E-state index contributed by atoms with van der Waals surface area (Å²) in [5.41, 5.74) is 5.88. The van der Waals surface area contributed by atoms with E-state index < -0.39 is 0 Å². The molecule has 1 fully saturated rings. The van der Waals surface area contributed by atoms with Crippen LogP contribution in [0.25, 0.3) is 0 Å². The SMILES string of the molecule is CCCn1ncnc1CC1CCCCC1CN. The number of nitrogens with two attached hydrogens (primary N) is 1. The van der Waals surface area contributed by atoms with Gasteiger partial charge in [0.1, 0.15) is 12.2 Å². The van der Waals surface area contributed by atoms with Gasteiger partial charge in [0.05, 0.1) is 0 Å². The van der Waals surface area contributed by atoms with E-state index in [9.17, 15) is 0 Å². The highest BCUT2D eigenvalue weighted by molar-refractivity contribution is 4.90. The van der Waals surface area contributed by atoms with E-state index in [1.807, 2.05) is 0 Å². The summed E-state index contributed by atoms with van der Waals surface area (Å²) >= 11 is 0. The lowest BCUT2D eigenvalue weighted by Gasteiger charge is -2.30. The molecule has 4 heteroatoms. The molecular weight excluding hydrogens is 212 g/mol. The molecule has 0 bridgehead atoms. The summed E-state index contributed by atoms with van der Waals surface area (Å²) in [7, 11) is 0. The number of aromatic nitrogens is 3. The number of hydrogen-bond donors (Lipinski definition) is 1. The van der Waals surface area contributed by atoms with Gasteiger partial charge in [-0.1, -0.05) is 19.8 Å². The predicted molar refractivity (Wildman–Crippen MR) is 68.5 cm³/mol. The molecule has 1 heterocycles. The van der Waals surface area contributed by atoms with Crippen molar-refractivity contribution >= 4 is 0 Å². The minimum Gasteiger partial charge on any atom is -0.330 e. The molecule has 2 rings (SSSR count). The molecule has 2 unspecified atom stereocenters. The molecule has 96 valence electrons. The van der Waals surface area contributed by atoms with Crippen molar-refractivity contribution in [2.45, 2.75) is 52.0 Å². The van der Waals surface area contributed by atoms with Crippen LogP contribution in [0.4, 0.5) is 0 Å². The molecule has 1 aliphatic rings. The summed E-state index contributed by atoms with van der Waals surface area (Å²) in [6.45, 7) is 3.98. The fourth-order valence-corrected chi connectivity index (χ4v) is 2.94. The molecule has 1 aliphatic carbocycles. The maximum absolute atomic E-state index is 5.88. The van der Waals surface area contributed by atoms with Crippen LogP contribution in [0.2, 0.25) is 0 Å². The van der Waals surface area contributed by atoms with Gasteiger partial charge in [0.2, 0.25) is 0 Å². The Morgan fingerprint density at radius 2 is 2.12 bits per heavy atom. The first kappa shape index (κ1) is 12.6. The fourth-order valence-electron chi connectivity index (χ4n) is 2.94. The normalized spacial score (nSPS) is 25.1. The zero-order valence-corrected chi connectivity index (χ0v) is 10.8. The third kappa shape index (κ3) is 3.06. The van der Waals surface area contributed by atoms with Gasteiger partial charge < -0.3 is 5.73 Å². The first-order chi connectivity index (χ1) is 8.35. The average molecular weight is 236 g/mol. The van der Waals surface area contributed by atoms with Gasteiger partial charge in [-0.25, -0.2) is 4.98 Å². The molecule has 1 saturated carbocycles. The van der Waals surface area contributed by atoms with E-state index in [4.69, 9.17) is 5.73 Å². The van der Waals surface area contributed by atoms with Gasteiger partial charge in [-0.05, 0) is 37.6 Å². The van der Waals surface area contributed by atoms with Gasteiger partial charge in [0.15, 0.2) is 0 Å². The Balaban J connectivity index is 2.00. The van der Waals surface area contributed by atoms with E-state index in [-0.39, 0.29) is 0 Å². The van der Waals surface area contributed by atoms with Crippen LogP contribution in [0, 0.1) is 11.8 Å². The monoisotopic (exact) mass is 236 g/mol. The standard InChI is InChI=1S/C13H24N4/c1-2-7-17-13(15-10-16-17)8-11-5-3-4-6-12(11)9-14/h10-12H,2-9,14H2,1H3. The summed E-state index contributed by atoms with van der Waals surface area (Å²) in [4.78, 5) is 4.41. The second kappa shape index (κ2) is 6.15. The maximum atomic E-state index is 5.88. The summed E-state index contributed by atoms with van der Waals surface area (Å²) in [6, 6.07) is 0. The summed E-state index contributed by atoms with van der Waals surface area (Å²) in [5, 5.41) is 4.30. The van der Waals surface area contributed by atoms with Crippen LogP contribution in [0.15, 0.2) is 6.33 Å². The molecule has 17 heavy (non-hydrogen) atoms. The van der Waals surface area contributed by atoms with Crippen molar-refractivity contribution in [1.82, 2.24) is 14.8 Å². The van der Waals surface area contributed by atoms with Gasteiger partial charge in [-0.2, -0.15) is 5.10 Å². The molecule has 0 aliphatic heterocycles. The van der Waals surface area contributed by atoms with Gasteiger partial charge in [0, 0.05) is 13.0 Å². The zero-order chi connectivity index (χ0) is 12.1. The topological polar surface area (TPSA) is 56.7 Å². The van der Waals surface area contributed by atoms with Crippen LogP contribution in [0.5, 0.6) is 0 Å². The second-order valence-corrected chi connectivity index (χ2v) is 5.14. The minimum absolute atomic E-state index is 0.690. The Morgan fingerprint density at radius 3 is 2.82 bits per heavy atom. The number of nitrogens with zero attached hydrogens (tertiary/aromatic N) is 3. The van der Waals surface area contributed by atoms with E-state index in [1.54, 1.807) is 6.33 Å². The first-order valence-electron chi connectivity index (χ1n) is 6.92. The third-order valence-corrected chi connectivity index (χ3v) is 3.95. The molecule has 2 N–H and O–H groups in total. The summed E-state index contributed by atoms with van der Waals surface area (Å²) in [5.74, 6) is 2.56. The predicted octanol–water partition coefficient (Wildman–Crippen LogP) is 2.00. The third-order valence-electron chi connectivity index (χ3n) is 3.95. The largest absolute Gasteiger partial charge is 0.330 e. The first-order valence-corrected chi connectivity index (χ1v) is 6.92. The van der Waals surface area contributed by atoms with E-state index in [1.165, 1.54) is 25.7 Å². The Kier molecular flexibility index (Phi) is 4.54. The Bertz CT molecular complexity index is 334. The molecule has 1 aromatic heterocycles. The van der Waals surface area contributed by atoms with Crippen molar-refractivity contribution in [2.24, 2.45) is 17.6 Å². The molecule has 0 aromatic carbocycles. The number of aryl methyl sites for hydroxylation is 1. The molecule has 0 amide bonds. The Morgan fingerprint density at radius 1 is 1.35 bits per heavy atom. The van der Waals surface area contributed by atoms with Gasteiger partial charge in [-0.3, -0.25) is 4.68 Å². The van der Waals surface area contributed by atoms with E-state index in [0.29, 0.717) is 11.8 Å². The lowest BCUT2D eigenvalue weighted by molar-refractivity contribution is 0.236. The Hall–Kier alpha value is -0.900. The van der Waals surface area contributed by atoms with Crippen LogP contribution >= 0.6 is 0 Å². The van der Waals surface area contributed by atoms with Crippen LogP contribution in [0.3, 0.4) is 0 Å². The quantitative estimate of drug-likeness (QED) is 0.850. The lowest BCUT2D eigenvalue weighted by Crippen LogP contribution is -2.29. The number of hydrogen-bond acceptors (Lipinski definition) is 3. The van der Waals surface area contributed by atoms with Crippen LogP contribution in [-0.4, -0.2) is 21.3 Å². The summed E-state index contributed by atoms with van der Waals surface area (Å²) < 4.78 is 2.06. The maximum Gasteiger partial charge on any atom is 0.138 e. The van der Waals surface area contributed by atoms with Crippen molar-refractivity contribution < 1.29 is 0 Å². The molecule has 2 atom stereocenters. The Labute approximate surface area is 104 Å². The number of rotatable bonds is 5. The molecule has 1 aromatic rings. The van der Waals surface area contributed by atoms with E-state index in [0.717, 1.165) is 31.8 Å².